The number of aromatic hydroxyl groups is 1. The molecule has 1 aliphatic rings. The summed E-state index contributed by atoms with van der Waals surface area (Å²) in [6.07, 6.45) is 1.14. The number of amides is 1. The molecule has 0 saturated carbocycles. The van der Waals surface area contributed by atoms with Crippen LogP contribution in [0.2, 0.25) is 0 Å². The quantitative estimate of drug-likeness (QED) is 0.849. The number of nitrogens with zero attached hydrogens (tertiary/aromatic N) is 1. The molecule has 0 spiro atoms. The lowest BCUT2D eigenvalue weighted by Gasteiger charge is -2.12. The third kappa shape index (κ3) is 3.01. The molecular formula is C14H20N2O2. The highest BCUT2D eigenvalue weighted by atomic mass is 16.3. The van der Waals surface area contributed by atoms with Crippen LogP contribution in [0.5, 0.6) is 5.75 Å². The second-order valence-electron chi connectivity index (χ2n) is 5.13. The van der Waals surface area contributed by atoms with Crippen LogP contribution in [0.25, 0.3) is 0 Å². The van der Waals surface area contributed by atoms with Gasteiger partial charge in [-0.15, -0.1) is 0 Å². The van der Waals surface area contributed by atoms with Crippen molar-refractivity contribution >= 4 is 5.91 Å². The maximum absolute atomic E-state index is 12.0. The first-order chi connectivity index (χ1) is 8.56. The highest BCUT2D eigenvalue weighted by Crippen LogP contribution is 2.16. The van der Waals surface area contributed by atoms with Crippen molar-refractivity contribution in [3.8, 4) is 5.75 Å². The number of carbonyl (C=O) groups excluding carboxylic acids is 1. The van der Waals surface area contributed by atoms with Crippen LogP contribution in [0.15, 0.2) is 18.2 Å². The van der Waals surface area contributed by atoms with Crippen LogP contribution >= 0.6 is 0 Å². The summed E-state index contributed by atoms with van der Waals surface area (Å²) in [7, 11) is 2.10. The van der Waals surface area contributed by atoms with Crippen LogP contribution in [-0.4, -0.2) is 42.6 Å². The fraction of sp³-hybridized carbons (Fsp3) is 0.500. The van der Waals surface area contributed by atoms with Gasteiger partial charge in [-0.05, 0) is 56.6 Å². The lowest BCUT2D eigenvalue weighted by atomic mass is 10.1. The molecule has 0 aromatic heterocycles. The molecule has 0 radical (unpaired) electrons. The number of hydrogen-bond acceptors (Lipinski definition) is 3. The summed E-state index contributed by atoms with van der Waals surface area (Å²) in [6, 6.07) is 4.82. The Kier molecular flexibility index (Phi) is 3.87. The monoisotopic (exact) mass is 248 g/mol. The smallest absolute Gasteiger partial charge is 0.251 e. The molecule has 1 unspecified atom stereocenters. The average Bonchev–Trinajstić information content (AvgIpc) is 2.72. The predicted octanol–water partition coefficient (Wildman–Crippen LogP) is 1.38. The zero-order chi connectivity index (χ0) is 13.1. The van der Waals surface area contributed by atoms with Crippen LogP contribution in [0.3, 0.4) is 0 Å². The minimum atomic E-state index is -0.0537. The van der Waals surface area contributed by atoms with Gasteiger partial charge < -0.3 is 15.3 Å². The Bertz CT molecular complexity index is 445. The molecule has 4 heteroatoms. The Hall–Kier alpha value is -1.55. The van der Waals surface area contributed by atoms with Gasteiger partial charge in [-0.3, -0.25) is 4.79 Å². The minimum Gasteiger partial charge on any atom is -0.508 e. The fourth-order valence-corrected chi connectivity index (χ4v) is 2.43. The van der Waals surface area contributed by atoms with Gasteiger partial charge in [0.1, 0.15) is 5.75 Å². The number of likely N-dealkylation sites (tertiary alicyclic amines) is 1. The van der Waals surface area contributed by atoms with Crippen molar-refractivity contribution in [3.63, 3.8) is 0 Å². The third-order valence-corrected chi connectivity index (χ3v) is 3.49. The van der Waals surface area contributed by atoms with Crippen molar-refractivity contribution < 1.29 is 9.90 Å². The van der Waals surface area contributed by atoms with E-state index in [1.165, 1.54) is 0 Å². The molecule has 2 N–H and O–H groups in total. The Balaban J connectivity index is 1.91. The van der Waals surface area contributed by atoms with E-state index in [1.54, 1.807) is 18.2 Å². The molecular weight excluding hydrogens is 228 g/mol. The van der Waals surface area contributed by atoms with Crippen LogP contribution < -0.4 is 5.32 Å². The fourth-order valence-electron chi connectivity index (χ4n) is 2.43. The lowest BCUT2D eigenvalue weighted by Crippen LogP contribution is -2.30. The Labute approximate surface area is 108 Å². The topological polar surface area (TPSA) is 52.6 Å². The highest BCUT2D eigenvalue weighted by molar-refractivity contribution is 5.95. The van der Waals surface area contributed by atoms with Gasteiger partial charge in [0.25, 0.3) is 5.91 Å². The number of rotatable bonds is 3. The Morgan fingerprint density at radius 3 is 2.94 bits per heavy atom. The van der Waals surface area contributed by atoms with Gasteiger partial charge in [0.15, 0.2) is 0 Å². The maximum Gasteiger partial charge on any atom is 0.251 e. The SMILES string of the molecule is Cc1cc(O)ccc1C(=O)NCC1CCN(C)C1. The van der Waals surface area contributed by atoms with E-state index in [-0.39, 0.29) is 11.7 Å². The van der Waals surface area contributed by atoms with Crippen LogP contribution in [-0.2, 0) is 0 Å². The number of carbonyl (C=O) groups is 1. The number of phenols is 1. The first-order valence-corrected chi connectivity index (χ1v) is 6.32. The molecule has 0 aliphatic carbocycles. The van der Waals surface area contributed by atoms with Gasteiger partial charge in [-0.2, -0.15) is 0 Å². The van der Waals surface area contributed by atoms with Crippen LogP contribution in [0.1, 0.15) is 22.3 Å². The largest absolute Gasteiger partial charge is 0.508 e. The first kappa shape index (κ1) is 12.9. The maximum atomic E-state index is 12.0. The molecule has 0 bridgehead atoms. The van der Waals surface area contributed by atoms with Gasteiger partial charge in [-0.25, -0.2) is 0 Å². The van der Waals surface area contributed by atoms with E-state index < -0.39 is 0 Å². The summed E-state index contributed by atoms with van der Waals surface area (Å²) in [6.45, 7) is 4.72. The number of aryl methyl sites for hydroxylation is 1. The van der Waals surface area contributed by atoms with Gasteiger partial charge in [0.2, 0.25) is 0 Å². The van der Waals surface area contributed by atoms with Gasteiger partial charge in [-0.1, -0.05) is 0 Å². The van der Waals surface area contributed by atoms with E-state index in [4.69, 9.17) is 0 Å². The van der Waals surface area contributed by atoms with E-state index in [9.17, 15) is 9.90 Å². The Morgan fingerprint density at radius 2 is 2.33 bits per heavy atom. The zero-order valence-electron chi connectivity index (χ0n) is 10.9. The number of phenolic OH excluding ortho intramolecular Hbond substituents is 1. The molecule has 18 heavy (non-hydrogen) atoms. The van der Waals surface area contributed by atoms with Crippen molar-refractivity contribution in [1.82, 2.24) is 10.2 Å². The lowest BCUT2D eigenvalue weighted by molar-refractivity contribution is 0.0947. The van der Waals surface area contributed by atoms with Crippen molar-refractivity contribution in [2.75, 3.05) is 26.7 Å². The predicted molar refractivity (Wildman–Crippen MR) is 70.8 cm³/mol. The molecule has 1 aromatic rings. The van der Waals surface area contributed by atoms with E-state index >= 15 is 0 Å². The number of benzene rings is 1. The number of nitrogens with one attached hydrogen (secondary N) is 1. The summed E-state index contributed by atoms with van der Waals surface area (Å²) >= 11 is 0. The summed E-state index contributed by atoms with van der Waals surface area (Å²) in [5, 5.41) is 12.3. The summed E-state index contributed by atoms with van der Waals surface area (Å²) in [5.41, 5.74) is 1.44. The molecule has 1 atom stereocenters. The number of hydrogen-bond donors (Lipinski definition) is 2. The summed E-state index contributed by atoms with van der Waals surface area (Å²) < 4.78 is 0. The van der Waals surface area contributed by atoms with Gasteiger partial charge in [0, 0.05) is 18.7 Å². The van der Waals surface area contributed by atoms with Gasteiger partial charge >= 0.3 is 0 Å². The molecule has 1 aliphatic heterocycles. The normalized spacial score (nSPS) is 20.0. The van der Waals surface area contributed by atoms with E-state index in [2.05, 4.69) is 17.3 Å². The molecule has 1 heterocycles. The summed E-state index contributed by atoms with van der Waals surface area (Å²) in [4.78, 5) is 14.3. The van der Waals surface area contributed by atoms with Crippen molar-refractivity contribution in [2.45, 2.75) is 13.3 Å². The molecule has 1 amide bonds. The van der Waals surface area contributed by atoms with Gasteiger partial charge in [0.05, 0.1) is 0 Å². The molecule has 98 valence electrons. The van der Waals surface area contributed by atoms with Crippen molar-refractivity contribution in [2.24, 2.45) is 5.92 Å². The zero-order valence-corrected chi connectivity index (χ0v) is 10.9. The van der Waals surface area contributed by atoms with Crippen molar-refractivity contribution in [3.05, 3.63) is 29.3 Å². The molecule has 1 aromatic carbocycles. The third-order valence-electron chi connectivity index (χ3n) is 3.49. The second kappa shape index (κ2) is 5.40. The van der Waals surface area contributed by atoms with Crippen LogP contribution in [0, 0.1) is 12.8 Å². The minimum absolute atomic E-state index is 0.0537. The van der Waals surface area contributed by atoms with E-state index in [0.717, 1.165) is 31.6 Å². The first-order valence-electron chi connectivity index (χ1n) is 6.32. The second-order valence-corrected chi connectivity index (χ2v) is 5.13. The van der Waals surface area contributed by atoms with E-state index in [1.807, 2.05) is 6.92 Å². The summed E-state index contributed by atoms with van der Waals surface area (Å²) in [5.74, 6) is 0.694. The van der Waals surface area contributed by atoms with Crippen LogP contribution in [0.4, 0.5) is 0 Å². The molecule has 1 saturated heterocycles. The average molecular weight is 248 g/mol. The molecule has 2 rings (SSSR count). The standard InChI is InChI=1S/C14H20N2O2/c1-10-7-12(17)3-4-13(10)14(18)15-8-11-5-6-16(2)9-11/h3-4,7,11,17H,5-6,8-9H2,1-2H3,(H,15,18). The highest BCUT2D eigenvalue weighted by Gasteiger charge is 2.20. The molecule has 1 fully saturated rings. The van der Waals surface area contributed by atoms with E-state index in [0.29, 0.717) is 11.5 Å². The van der Waals surface area contributed by atoms with Crippen molar-refractivity contribution in [1.29, 1.82) is 0 Å². The molecule has 4 nitrogen and oxygen atoms in total. The Morgan fingerprint density at radius 1 is 1.56 bits per heavy atom.